The summed E-state index contributed by atoms with van der Waals surface area (Å²) in [4.78, 5) is 12.1. The summed E-state index contributed by atoms with van der Waals surface area (Å²) in [5.41, 5.74) is -0.0716. The fourth-order valence-electron chi connectivity index (χ4n) is 1.77. The van der Waals surface area contributed by atoms with Crippen LogP contribution in [0.4, 0.5) is 5.69 Å². The summed E-state index contributed by atoms with van der Waals surface area (Å²) in [7, 11) is -3.81. The highest BCUT2D eigenvalue weighted by Gasteiger charge is 2.26. The predicted molar refractivity (Wildman–Crippen MR) is 90.9 cm³/mol. The van der Waals surface area contributed by atoms with Gasteiger partial charge in [0.2, 0.25) is 5.09 Å². The van der Waals surface area contributed by atoms with Crippen molar-refractivity contribution in [2.45, 2.75) is 31.4 Å². The Morgan fingerprint density at radius 3 is 2.26 bits per heavy atom. The summed E-state index contributed by atoms with van der Waals surface area (Å²) < 4.78 is 32.8. The number of hydrogen-bond donors (Lipinski definition) is 2. The Morgan fingerprint density at radius 2 is 1.70 bits per heavy atom. The van der Waals surface area contributed by atoms with Gasteiger partial charge in [-0.15, -0.1) is 0 Å². The van der Waals surface area contributed by atoms with Gasteiger partial charge in [0.1, 0.15) is 0 Å². The molecule has 124 valence electrons. The fourth-order valence-corrected chi connectivity index (χ4v) is 3.38. The Hall–Kier alpha value is -1.64. The van der Waals surface area contributed by atoms with Crippen molar-refractivity contribution in [3.63, 3.8) is 0 Å². The van der Waals surface area contributed by atoms with Crippen molar-refractivity contribution >= 4 is 37.5 Å². The summed E-state index contributed by atoms with van der Waals surface area (Å²) >= 11 is 3.30. The summed E-state index contributed by atoms with van der Waals surface area (Å²) in [5.74, 6) is -0.605. The molecule has 0 aliphatic heterocycles. The normalized spacial score (nSPS) is 12.2. The third kappa shape index (κ3) is 4.92. The van der Waals surface area contributed by atoms with Crippen molar-refractivity contribution in [1.82, 2.24) is 4.72 Å². The maximum absolute atomic E-state index is 12.1. The summed E-state index contributed by atoms with van der Waals surface area (Å²) in [6.07, 6.45) is 0. The first-order valence-corrected chi connectivity index (χ1v) is 9.05. The van der Waals surface area contributed by atoms with Crippen LogP contribution < -0.4 is 10.0 Å². The molecule has 2 aromatic rings. The van der Waals surface area contributed by atoms with E-state index in [2.05, 4.69) is 26.0 Å². The van der Waals surface area contributed by atoms with Gasteiger partial charge in [-0.05, 0) is 57.2 Å². The SMILES string of the molecule is CC(C)(C)NS(=O)(=O)c1ccc(C(=O)Nc2ccc(Br)cc2)o1. The maximum Gasteiger partial charge on any atom is 0.291 e. The van der Waals surface area contributed by atoms with Crippen LogP contribution in [0, 0.1) is 0 Å². The van der Waals surface area contributed by atoms with Gasteiger partial charge in [0.15, 0.2) is 5.76 Å². The molecular weight excluding hydrogens is 384 g/mol. The predicted octanol–water partition coefficient (Wildman–Crippen LogP) is 3.37. The molecule has 0 aliphatic carbocycles. The second-order valence-corrected chi connectivity index (χ2v) is 8.46. The molecule has 0 atom stereocenters. The summed E-state index contributed by atoms with van der Waals surface area (Å²) in [6, 6.07) is 9.56. The van der Waals surface area contributed by atoms with Crippen LogP contribution in [-0.4, -0.2) is 19.9 Å². The zero-order valence-corrected chi connectivity index (χ0v) is 15.3. The molecule has 0 saturated carbocycles. The number of carbonyl (C=O) groups is 1. The Balaban J connectivity index is 2.15. The maximum atomic E-state index is 12.1. The highest BCUT2D eigenvalue weighted by atomic mass is 79.9. The van der Waals surface area contributed by atoms with Gasteiger partial charge in [-0.25, -0.2) is 13.1 Å². The van der Waals surface area contributed by atoms with Crippen LogP contribution >= 0.6 is 15.9 Å². The molecule has 1 aromatic carbocycles. The van der Waals surface area contributed by atoms with E-state index in [0.717, 1.165) is 4.47 Å². The molecule has 0 aliphatic rings. The van der Waals surface area contributed by atoms with Gasteiger partial charge in [0.25, 0.3) is 15.9 Å². The van der Waals surface area contributed by atoms with Gasteiger partial charge in [0, 0.05) is 15.7 Å². The van der Waals surface area contributed by atoms with Crippen molar-refractivity contribution in [3.05, 3.63) is 46.6 Å². The molecule has 0 saturated heterocycles. The summed E-state index contributed by atoms with van der Waals surface area (Å²) in [6.45, 7) is 5.15. The average molecular weight is 401 g/mol. The standard InChI is InChI=1S/C15H17BrN2O4S/c1-15(2,3)18-23(20,21)13-9-8-12(22-13)14(19)17-11-6-4-10(16)5-7-11/h4-9,18H,1-3H3,(H,17,19). The number of hydrogen-bond acceptors (Lipinski definition) is 4. The number of rotatable bonds is 4. The van der Waals surface area contributed by atoms with Crippen molar-refractivity contribution in [1.29, 1.82) is 0 Å². The van der Waals surface area contributed by atoms with Crippen LogP contribution in [0.1, 0.15) is 31.3 Å². The molecule has 0 unspecified atom stereocenters. The Bertz CT molecular complexity index is 805. The van der Waals surface area contributed by atoms with Crippen LogP contribution in [0.2, 0.25) is 0 Å². The van der Waals surface area contributed by atoms with E-state index >= 15 is 0 Å². The van der Waals surface area contributed by atoms with Gasteiger partial charge in [0.05, 0.1) is 0 Å². The van der Waals surface area contributed by atoms with Crippen molar-refractivity contribution < 1.29 is 17.6 Å². The van der Waals surface area contributed by atoms with E-state index < -0.39 is 21.5 Å². The first-order chi connectivity index (χ1) is 10.6. The van der Waals surface area contributed by atoms with Crippen molar-refractivity contribution in [2.24, 2.45) is 0 Å². The monoisotopic (exact) mass is 400 g/mol. The molecule has 0 fully saturated rings. The topological polar surface area (TPSA) is 88.4 Å². The van der Waals surface area contributed by atoms with Crippen LogP contribution in [0.25, 0.3) is 0 Å². The molecular formula is C15H17BrN2O4S. The Kier molecular flexibility index (Phi) is 4.98. The smallest absolute Gasteiger partial charge is 0.291 e. The molecule has 0 spiro atoms. The highest BCUT2D eigenvalue weighted by Crippen LogP contribution is 2.19. The number of nitrogens with one attached hydrogen (secondary N) is 2. The van der Waals surface area contributed by atoms with Crippen molar-refractivity contribution in [3.8, 4) is 0 Å². The van der Waals surface area contributed by atoms with Crippen molar-refractivity contribution in [2.75, 3.05) is 5.32 Å². The van der Waals surface area contributed by atoms with E-state index in [-0.39, 0.29) is 10.9 Å². The van der Waals surface area contributed by atoms with E-state index in [0.29, 0.717) is 5.69 Å². The molecule has 0 bridgehead atoms. The van der Waals surface area contributed by atoms with E-state index in [1.807, 2.05) is 0 Å². The zero-order chi connectivity index (χ0) is 17.3. The minimum atomic E-state index is -3.81. The molecule has 1 heterocycles. The van der Waals surface area contributed by atoms with E-state index in [1.165, 1.54) is 12.1 Å². The minimum Gasteiger partial charge on any atom is -0.438 e. The third-order valence-electron chi connectivity index (χ3n) is 2.61. The number of sulfonamides is 1. The van der Waals surface area contributed by atoms with Gasteiger partial charge in [-0.2, -0.15) is 0 Å². The highest BCUT2D eigenvalue weighted by molar-refractivity contribution is 9.10. The molecule has 6 nitrogen and oxygen atoms in total. The third-order valence-corrected chi connectivity index (χ3v) is 4.77. The first-order valence-electron chi connectivity index (χ1n) is 6.77. The Morgan fingerprint density at radius 1 is 1.09 bits per heavy atom. The number of carbonyl (C=O) groups excluding carboxylic acids is 1. The van der Waals surface area contributed by atoms with Crippen LogP contribution in [0.3, 0.4) is 0 Å². The van der Waals surface area contributed by atoms with E-state index in [1.54, 1.807) is 45.0 Å². The lowest BCUT2D eigenvalue weighted by Crippen LogP contribution is -2.40. The average Bonchev–Trinajstić information content (AvgIpc) is 2.89. The van der Waals surface area contributed by atoms with Gasteiger partial charge < -0.3 is 9.73 Å². The fraction of sp³-hybridized carbons (Fsp3) is 0.267. The van der Waals surface area contributed by atoms with Gasteiger partial charge in [-0.3, -0.25) is 4.79 Å². The largest absolute Gasteiger partial charge is 0.438 e. The molecule has 2 rings (SSSR count). The molecule has 23 heavy (non-hydrogen) atoms. The van der Waals surface area contributed by atoms with Crippen LogP contribution in [0.15, 0.2) is 50.4 Å². The minimum absolute atomic E-state index is 0.0813. The second kappa shape index (κ2) is 6.46. The van der Waals surface area contributed by atoms with Gasteiger partial charge in [-0.1, -0.05) is 15.9 Å². The lowest BCUT2D eigenvalue weighted by atomic mass is 10.1. The van der Waals surface area contributed by atoms with Gasteiger partial charge >= 0.3 is 0 Å². The van der Waals surface area contributed by atoms with E-state index in [4.69, 9.17) is 4.42 Å². The Labute approximate surface area is 143 Å². The molecule has 8 heteroatoms. The molecule has 0 radical (unpaired) electrons. The van der Waals surface area contributed by atoms with Crippen LogP contribution in [0.5, 0.6) is 0 Å². The molecule has 1 amide bonds. The number of anilines is 1. The molecule has 1 aromatic heterocycles. The van der Waals surface area contributed by atoms with E-state index in [9.17, 15) is 13.2 Å². The van der Waals surface area contributed by atoms with Crippen LogP contribution in [-0.2, 0) is 10.0 Å². The quantitative estimate of drug-likeness (QED) is 0.822. The first kappa shape index (κ1) is 17.7. The number of halogens is 1. The number of furan rings is 1. The zero-order valence-electron chi connectivity index (χ0n) is 12.9. The lowest BCUT2D eigenvalue weighted by Gasteiger charge is -2.18. The number of benzene rings is 1. The lowest BCUT2D eigenvalue weighted by molar-refractivity contribution is 0.0991. The second-order valence-electron chi connectivity index (χ2n) is 5.94. The number of amides is 1. The summed E-state index contributed by atoms with van der Waals surface area (Å²) in [5, 5.41) is 2.33. The molecule has 2 N–H and O–H groups in total.